The summed E-state index contributed by atoms with van der Waals surface area (Å²) in [5.41, 5.74) is 2.66. The number of rotatable bonds is 7. The lowest BCUT2D eigenvalue weighted by molar-refractivity contribution is 0.0340. The van der Waals surface area contributed by atoms with Gasteiger partial charge in [0.1, 0.15) is 18.1 Å². The van der Waals surface area contributed by atoms with Gasteiger partial charge in [0.15, 0.2) is 0 Å². The van der Waals surface area contributed by atoms with Gasteiger partial charge in [-0.15, -0.1) is 0 Å². The molecular weight excluding hydrogens is 476 g/mol. The Kier molecular flexibility index (Phi) is 7.03. The van der Waals surface area contributed by atoms with E-state index in [-0.39, 0.29) is 19.0 Å². The van der Waals surface area contributed by atoms with Crippen LogP contribution in [-0.2, 0) is 29.7 Å². The Morgan fingerprint density at radius 2 is 1.94 bits per heavy atom. The first-order valence-corrected chi connectivity index (χ1v) is 11.5. The molecule has 0 saturated carbocycles. The van der Waals surface area contributed by atoms with Crippen molar-refractivity contribution in [2.45, 2.75) is 20.1 Å². The van der Waals surface area contributed by atoms with Crippen molar-refractivity contribution >= 4 is 32.8 Å². The zero-order chi connectivity index (χ0) is 22.7. The molecule has 3 aromatic rings. The van der Waals surface area contributed by atoms with Crippen molar-refractivity contribution in [3.63, 3.8) is 0 Å². The molecule has 1 saturated heterocycles. The Hall–Kier alpha value is -2.55. The van der Waals surface area contributed by atoms with Crippen molar-refractivity contribution in [3.05, 3.63) is 57.7 Å². The van der Waals surface area contributed by atoms with Crippen LogP contribution in [-0.4, -0.2) is 53.5 Å². The predicted molar refractivity (Wildman–Crippen MR) is 125 cm³/mol. The van der Waals surface area contributed by atoms with E-state index in [0.717, 1.165) is 18.6 Å². The first-order chi connectivity index (χ1) is 15.5. The van der Waals surface area contributed by atoms with Gasteiger partial charge in [0.05, 0.1) is 41.1 Å². The number of nitrogens with zero attached hydrogens (tertiary/aromatic N) is 2. The predicted octanol–water partition coefficient (Wildman–Crippen LogP) is 4.23. The van der Waals surface area contributed by atoms with Crippen molar-refractivity contribution in [2.75, 3.05) is 32.9 Å². The Morgan fingerprint density at radius 1 is 1.22 bits per heavy atom. The average molecular weight is 503 g/mol. The summed E-state index contributed by atoms with van der Waals surface area (Å²) in [4.78, 5) is 15.3. The van der Waals surface area contributed by atoms with Crippen LogP contribution in [0.2, 0.25) is 0 Å². The maximum absolute atomic E-state index is 13.1. The number of aryl methyl sites for hydroxylation is 1. The Labute approximate surface area is 195 Å². The van der Waals surface area contributed by atoms with E-state index in [4.69, 9.17) is 14.2 Å². The smallest absolute Gasteiger partial charge is 0.340 e. The summed E-state index contributed by atoms with van der Waals surface area (Å²) in [5, 5.41) is 11.7. The minimum atomic E-state index is -0.422. The van der Waals surface area contributed by atoms with Crippen LogP contribution in [0.25, 0.3) is 10.9 Å². The molecule has 0 aliphatic carbocycles. The van der Waals surface area contributed by atoms with Crippen LogP contribution in [0, 0.1) is 0 Å². The summed E-state index contributed by atoms with van der Waals surface area (Å²) >= 11 is 3.49. The second-order valence-corrected chi connectivity index (χ2v) is 8.53. The Bertz CT molecular complexity index is 1110. The molecule has 1 aliphatic rings. The van der Waals surface area contributed by atoms with Crippen molar-refractivity contribution in [1.29, 1.82) is 0 Å². The van der Waals surface area contributed by atoms with Gasteiger partial charge in [0, 0.05) is 37.6 Å². The summed E-state index contributed by atoms with van der Waals surface area (Å²) < 4.78 is 19.4. The number of halogens is 1. The third-order valence-corrected chi connectivity index (χ3v) is 6.33. The van der Waals surface area contributed by atoms with Crippen LogP contribution < -0.4 is 4.74 Å². The monoisotopic (exact) mass is 502 g/mol. The standard InChI is InChI=1S/C24H27BrN2O5/c1-3-31-24(29)22-20(15-32-16-7-5-4-6-8-16)26(2)19-13-18(25)23(28)17(21(19)22)14-27-9-11-30-12-10-27/h4-8,13,28H,3,9-12,14-15H2,1-2H3. The van der Waals surface area contributed by atoms with Gasteiger partial charge < -0.3 is 23.9 Å². The number of aromatic nitrogens is 1. The number of phenols is 1. The van der Waals surface area contributed by atoms with Gasteiger partial charge in [-0.3, -0.25) is 4.90 Å². The molecule has 4 rings (SSSR count). The fourth-order valence-electron chi connectivity index (χ4n) is 4.08. The Balaban J connectivity index is 1.85. The number of carbonyl (C=O) groups is 1. The summed E-state index contributed by atoms with van der Waals surface area (Å²) in [6.07, 6.45) is 0. The van der Waals surface area contributed by atoms with E-state index in [1.54, 1.807) is 6.92 Å². The van der Waals surface area contributed by atoms with E-state index in [2.05, 4.69) is 20.8 Å². The third-order valence-electron chi connectivity index (χ3n) is 5.72. The van der Waals surface area contributed by atoms with Crippen LogP contribution in [0.1, 0.15) is 28.5 Å². The fourth-order valence-corrected chi connectivity index (χ4v) is 4.53. The average Bonchev–Trinajstić information content (AvgIpc) is 3.08. The maximum Gasteiger partial charge on any atom is 0.340 e. The van der Waals surface area contributed by atoms with E-state index in [9.17, 15) is 9.90 Å². The second kappa shape index (κ2) is 9.94. The van der Waals surface area contributed by atoms with Crippen LogP contribution in [0.5, 0.6) is 11.5 Å². The normalized spacial score (nSPS) is 14.6. The maximum atomic E-state index is 13.1. The highest BCUT2D eigenvalue weighted by atomic mass is 79.9. The number of benzene rings is 2. The van der Waals surface area contributed by atoms with E-state index < -0.39 is 5.97 Å². The number of para-hydroxylation sites is 1. The molecule has 2 heterocycles. The molecule has 2 aromatic carbocycles. The van der Waals surface area contributed by atoms with Gasteiger partial charge in [-0.25, -0.2) is 4.79 Å². The Morgan fingerprint density at radius 3 is 2.62 bits per heavy atom. The zero-order valence-corrected chi connectivity index (χ0v) is 19.9. The molecule has 0 unspecified atom stereocenters. The number of fused-ring (bicyclic) bond motifs is 1. The molecule has 0 radical (unpaired) electrons. The summed E-state index contributed by atoms with van der Waals surface area (Å²) in [6, 6.07) is 11.3. The lowest BCUT2D eigenvalue weighted by Crippen LogP contribution is -2.35. The van der Waals surface area contributed by atoms with Gasteiger partial charge >= 0.3 is 5.97 Å². The number of esters is 1. The molecule has 1 N–H and O–H groups in total. The molecule has 7 nitrogen and oxygen atoms in total. The van der Waals surface area contributed by atoms with E-state index in [1.165, 1.54) is 0 Å². The topological polar surface area (TPSA) is 73.2 Å². The lowest BCUT2D eigenvalue weighted by atomic mass is 10.0. The number of morpholine rings is 1. The molecule has 1 aliphatic heterocycles. The van der Waals surface area contributed by atoms with E-state index >= 15 is 0 Å². The van der Waals surface area contributed by atoms with E-state index in [1.807, 2.05) is 48.0 Å². The van der Waals surface area contributed by atoms with Crippen LogP contribution in [0.3, 0.4) is 0 Å². The van der Waals surface area contributed by atoms with Crippen LogP contribution in [0.15, 0.2) is 40.9 Å². The highest BCUT2D eigenvalue weighted by molar-refractivity contribution is 9.10. The van der Waals surface area contributed by atoms with E-state index in [0.29, 0.717) is 52.2 Å². The highest BCUT2D eigenvalue weighted by Crippen LogP contribution is 2.40. The zero-order valence-electron chi connectivity index (χ0n) is 18.3. The van der Waals surface area contributed by atoms with Crippen molar-refractivity contribution < 1.29 is 24.1 Å². The number of phenolic OH excluding ortho intramolecular Hbond substituents is 1. The van der Waals surface area contributed by atoms with Gasteiger partial charge in [-0.1, -0.05) is 18.2 Å². The van der Waals surface area contributed by atoms with Gasteiger partial charge in [-0.2, -0.15) is 0 Å². The molecule has 0 amide bonds. The fraction of sp³-hybridized carbons (Fsp3) is 0.375. The summed E-state index contributed by atoms with van der Waals surface area (Å²) in [6.45, 7) is 5.56. The number of hydrogen-bond donors (Lipinski definition) is 1. The highest BCUT2D eigenvalue weighted by Gasteiger charge is 2.28. The molecule has 32 heavy (non-hydrogen) atoms. The molecule has 8 heteroatoms. The van der Waals surface area contributed by atoms with Crippen LogP contribution >= 0.6 is 15.9 Å². The third kappa shape index (κ3) is 4.48. The minimum Gasteiger partial charge on any atom is -0.506 e. The number of ether oxygens (including phenoxy) is 3. The molecule has 1 fully saturated rings. The largest absolute Gasteiger partial charge is 0.506 e. The summed E-state index contributed by atoms with van der Waals surface area (Å²) in [7, 11) is 1.90. The SMILES string of the molecule is CCOC(=O)c1c(COc2ccccc2)n(C)c2cc(Br)c(O)c(CN3CCOCC3)c12. The molecule has 170 valence electrons. The quantitative estimate of drug-likeness (QED) is 0.487. The van der Waals surface area contributed by atoms with Gasteiger partial charge in [-0.05, 0) is 41.1 Å². The van der Waals surface area contributed by atoms with Crippen molar-refractivity contribution in [1.82, 2.24) is 9.47 Å². The first-order valence-electron chi connectivity index (χ1n) is 10.7. The van der Waals surface area contributed by atoms with Crippen LogP contribution in [0.4, 0.5) is 0 Å². The van der Waals surface area contributed by atoms with Gasteiger partial charge in [0.25, 0.3) is 0 Å². The molecule has 1 aromatic heterocycles. The molecule has 0 atom stereocenters. The van der Waals surface area contributed by atoms with Crippen molar-refractivity contribution in [2.24, 2.45) is 7.05 Å². The summed E-state index contributed by atoms with van der Waals surface area (Å²) in [5.74, 6) is 0.426. The molecule has 0 bridgehead atoms. The lowest BCUT2D eigenvalue weighted by Gasteiger charge is -2.27. The first kappa shape index (κ1) is 22.6. The number of carbonyl (C=O) groups excluding carboxylic acids is 1. The minimum absolute atomic E-state index is 0.135. The van der Waals surface area contributed by atoms with Crippen molar-refractivity contribution in [3.8, 4) is 11.5 Å². The number of aromatic hydroxyl groups is 1. The molecular formula is C24H27BrN2O5. The van der Waals surface area contributed by atoms with Gasteiger partial charge in [0.2, 0.25) is 0 Å². The number of hydrogen-bond acceptors (Lipinski definition) is 6. The molecule has 0 spiro atoms. The second-order valence-electron chi connectivity index (χ2n) is 7.67.